The quantitative estimate of drug-likeness (QED) is 0.877. The van der Waals surface area contributed by atoms with Gasteiger partial charge in [-0.1, -0.05) is 6.92 Å². The van der Waals surface area contributed by atoms with Gasteiger partial charge in [-0.15, -0.1) is 0 Å². The van der Waals surface area contributed by atoms with Crippen molar-refractivity contribution in [3.8, 4) is 0 Å². The molecule has 0 aliphatic carbocycles. The molecule has 2 N–H and O–H groups in total. The maximum atomic E-state index is 13.3. The largest absolute Gasteiger partial charge is 0.372 e. The van der Waals surface area contributed by atoms with Crippen molar-refractivity contribution in [2.24, 2.45) is 0 Å². The molecule has 1 atom stereocenters. The fraction of sp³-hybridized carbons (Fsp3) is 0.571. The number of nitrogens with one attached hydrogen (secondary N) is 2. The summed E-state index contributed by atoms with van der Waals surface area (Å²) < 4.78 is 13.3. The van der Waals surface area contributed by atoms with Gasteiger partial charge >= 0.3 is 0 Å². The zero-order valence-corrected chi connectivity index (χ0v) is 11.9. The Morgan fingerprint density at radius 1 is 1.60 bits per heavy atom. The van der Waals surface area contributed by atoms with Crippen LogP contribution in [-0.2, 0) is 0 Å². The number of likely N-dealkylation sites (N-methyl/N-ethyl adjacent to an activating group) is 1. The smallest absolute Gasteiger partial charge is 0.255 e. The summed E-state index contributed by atoms with van der Waals surface area (Å²) >= 11 is 0. The summed E-state index contributed by atoms with van der Waals surface area (Å²) in [5.74, 6) is -0.385. The predicted molar refractivity (Wildman–Crippen MR) is 76.3 cm³/mol. The molecule has 110 valence electrons. The van der Waals surface area contributed by atoms with Crippen LogP contribution >= 0.6 is 0 Å². The van der Waals surface area contributed by atoms with Crippen LogP contribution in [0.4, 0.5) is 10.2 Å². The Hall–Kier alpha value is -1.69. The van der Waals surface area contributed by atoms with Crippen LogP contribution < -0.4 is 10.6 Å². The molecular weight excluding hydrogens is 259 g/mol. The first kappa shape index (κ1) is 14.7. The highest BCUT2D eigenvalue weighted by Gasteiger charge is 2.22. The lowest BCUT2D eigenvalue weighted by Crippen LogP contribution is -2.47. The molecule has 0 spiro atoms. The third-order valence-electron chi connectivity index (χ3n) is 3.62. The molecule has 20 heavy (non-hydrogen) atoms. The first-order valence-corrected chi connectivity index (χ1v) is 7.00. The van der Waals surface area contributed by atoms with Crippen LogP contribution in [0.15, 0.2) is 12.3 Å². The lowest BCUT2D eigenvalue weighted by molar-refractivity contribution is 0.0906. The van der Waals surface area contributed by atoms with Crippen molar-refractivity contribution in [3.05, 3.63) is 23.6 Å². The zero-order chi connectivity index (χ0) is 14.5. The van der Waals surface area contributed by atoms with E-state index >= 15 is 0 Å². The minimum Gasteiger partial charge on any atom is -0.372 e. The molecule has 6 heteroatoms. The molecular formula is C14H21FN4O. The van der Waals surface area contributed by atoms with Gasteiger partial charge in [-0.05, 0) is 32.0 Å². The molecule has 2 heterocycles. The average molecular weight is 280 g/mol. The van der Waals surface area contributed by atoms with Crippen LogP contribution in [0.2, 0.25) is 0 Å². The molecule has 0 saturated carbocycles. The highest BCUT2D eigenvalue weighted by molar-refractivity contribution is 5.98. The summed E-state index contributed by atoms with van der Waals surface area (Å²) in [4.78, 5) is 18.5. The fourth-order valence-electron chi connectivity index (χ4n) is 2.54. The molecule has 1 aromatic rings. The minimum atomic E-state index is -0.507. The van der Waals surface area contributed by atoms with Crippen molar-refractivity contribution in [1.82, 2.24) is 15.2 Å². The Morgan fingerprint density at radius 2 is 2.40 bits per heavy atom. The topological polar surface area (TPSA) is 57.3 Å². The summed E-state index contributed by atoms with van der Waals surface area (Å²) in [6, 6.07) is 1.33. The Kier molecular flexibility index (Phi) is 4.89. The molecule has 5 nitrogen and oxygen atoms in total. The van der Waals surface area contributed by atoms with Crippen LogP contribution in [0, 0.1) is 5.82 Å². The van der Waals surface area contributed by atoms with E-state index in [1.165, 1.54) is 6.07 Å². The Labute approximate surface area is 118 Å². The summed E-state index contributed by atoms with van der Waals surface area (Å²) in [5, 5.41) is 5.79. The van der Waals surface area contributed by atoms with E-state index < -0.39 is 5.82 Å². The average Bonchev–Trinajstić information content (AvgIpc) is 2.47. The number of piperidine rings is 1. The van der Waals surface area contributed by atoms with Gasteiger partial charge in [0, 0.05) is 19.6 Å². The van der Waals surface area contributed by atoms with E-state index in [1.807, 2.05) is 0 Å². The zero-order valence-electron chi connectivity index (χ0n) is 11.9. The second kappa shape index (κ2) is 6.65. The van der Waals surface area contributed by atoms with E-state index in [0.29, 0.717) is 5.82 Å². The van der Waals surface area contributed by atoms with E-state index in [2.05, 4.69) is 27.4 Å². The number of hydrogen-bond acceptors (Lipinski definition) is 4. The third kappa shape index (κ3) is 3.45. The number of hydrogen-bond donors (Lipinski definition) is 2. The number of amides is 1. The van der Waals surface area contributed by atoms with Gasteiger partial charge in [0.05, 0.1) is 11.8 Å². The van der Waals surface area contributed by atoms with Gasteiger partial charge in [-0.25, -0.2) is 9.37 Å². The summed E-state index contributed by atoms with van der Waals surface area (Å²) in [7, 11) is 1.66. The maximum absolute atomic E-state index is 13.3. The second-order valence-corrected chi connectivity index (χ2v) is 5.01. The Bertz CT molecular complexity index is 480. The number of rotatable bonds is 4. The molecule has 0 radical (unpaired) electrons. The minimum absolute atomic E-state index is 0.115. The summed E-state index contributed by atoms with van der Waals surface area (Å²) in [5.41, 5.74) is 0.251. The van der Waals surface area contributed by atoms with E-state index in [-0.39, 0.29) is 17.5 Å². The highest BCUT2D eigenvalue weighted by Crippen LogP contribution is 2.15. The number of nitrogens with zero attached hydrogens (tertiary/aromatic N) is 2. The fourth-order valence-corrected chi connectivity index (χ4v) is 2.54. The van der Waals surface area contributed by atoms with Crippen molar-refractivity contribution in [3.63, 3.8) is 0 Å². The lowest BCUT2D eigenvalue weighted by Gasteiger charge is -2.32. The SMILES string of the molecule is CCN1CCCC(NC(=O)c2cc(F)cnc2NC)C1. The summed E-state index contributed by atoms with van der Waals surface area (Å²) in [6.07, 6.45) is 3.13. The van der Waals surface area contributed by atoms with Crippen molar-refractivity contribution in [2.45, 2.75) is 25.8 Å². The van der Waals surface area contributed by atoms with Crippen LogP contribution in [0.25, 0.3) is 0 Å². The molecule has 1 aliphatic rings. The molecule has 1 aromatic heterocycles. The standard InChI is InChI=1S/C14H21FN4O/c1-3-19-6-4-5-11(9-19)18-14(20)12-7-10(15)8-17-13(12)16-2/h7-8,11H,3-6,9H2,1-2H3,(H,16,17)(H,18,20). The van der Waals surface area contributed by atoms with E-state index in [4.69, 9.17) is 0 Å². The van der Waals surface area contributed by atoms with Gasteiger partial charge in [0.25, 0.3) is 5.91 Å². The van der Waals surface area contributed by atoms with Crippen LogP contribution in [0.5, 0.6) is 0 Å². The van der Waals surface area contributed by atoms with E-state index in [9.17, 15) is 9.18 Å². The van der Waals surface area contributed by atoms with Crippen molar-refractivity contribution >= 4 is 11.7 Å². The number of aromatic nitrogens is 1. The van der Waals surface area contributed by atoms with Gasteiger partial charge in [-0.3, -0.25) is 4.79 Å². The third-order valence-corrected chi connectivity index (χ3v) is 3.62. The highest BCUT2D eigenvalue weighted by atomic mass is 19.1. The van der Waals surface area contributed by atoms with Crippen LogP contribution in [-0.4, -0.2) is 48.5 Å². The van der Waals surface area contributed by atoms with E-state index in [1.54, 1.807) is 7.05 Å². The molecule has 1 aliphatic heterocycles. The number of carbonyl (C=O) groups excluding carboxylic acids is 1. The maximum Gasteiger partial charge on any atom is 0.255 e. The Morgan fingerprint density at radius 3 is 3.10 bits per heavy atom. The summed E-state index contributed by atoms with van der Waals surface area (Å²) in [6.45, 7) is 5.02. The number of likely N-dealkylation sites (tertiary alicyclic amines) is 1. The number of halogens is 1. The normalized spacial score (nSPS) is 19.6. The van der Waals surface area contributed by atoms with Gasteiger partial charge < -0.3 is 15.5 Å². The van der Waals surface area contributed by atoms with E-state index in [0.717, 1.165) is 38.7 Å². The molecule has 1 unspecified atom stereocenters. The van der Waals surface area contributed by atoms with Crippen molar-refractivity contribution in [2.75, 3.05) is 32.0 Å². The number of carbonyl (C=O) groups is 1. The van der Waals surface area contributed by atoms with Gasteiger partial charge in [0.2, 0.25) is 0 Å². The molecule has 0 bridgehead atoms. The monoisotopic (exact) mass is 280 g/mol. The Balaban J connectivity index is 2.06. The van der Waals surface area contributed by atoms with Crippen LogP contribution in [0.1, 0.15) is 30.1 Å². The predicted octanol–water partition coefficient (Wildman–Crippen LogP) is 1.48. The van der Waals surface area contributed by atoms with Gasteiger partial charge in [-0.2, -0.15) is 0 Å². The van der Waals surface area contributed by atoms with Gasteiger partial charge in [0.15, 0.2) is 0 Å². The first-order chi connectivity index (χ1) is 9.63. The second-order valence-electron chi connectivity index (χ2n) is 5.01. The van der Waals surface area contributed by atoms with Crippen molar-refractivity contribution < 1.29 is 9.18 Å². The van der Waals surface area contributed by atoms with Crippen molar-refractivity contribution in [1.29, 1.82) is 0 Å². The van der Waals surface area contributed by atoms with Crippen LogP contribution in [0.3, 0.4) is 0 Å². The molecule has 1 amide bonds. The van der Waals surface area contributed by atoms with Gasteiger partial charge in [0.1, 0.15) is 11.6 Å². The number of anilines is 1. The molecule has 1 saturated heterocycles. The molecule has 1 fully saturated rings. The first-order valence-electron chi connectivity index (χ1n) is 7.00. The molecule has 2 rings (SSSR count). The lowest BCUT2D eigenvalue weighted by atomic mass is 10.1. The number of pyridine rings is 1. The molecule has 0 aromatic carbocycles.